The molecule has 0 fully saturated rings. The maximum atomic E-state index is 4.28. The fourth-order valence-corrected chi connectivity index (χ4v) is 1.28. The number of rotatable bonds is 5. The highest BCUT2D eigenvalue weighted by molar-refractivity contribution is 4.92. The fraction of sp³-hybridized carbons (Fsp3) is 0.727. The lowest BCUT2D eigenvalue weighted by Gasteiger charge is -2.24. The molecule has 0 saturated heterocycles. The monoisotopic (exact) mass is 195 g/mol. The van der Waals surface area contributed by atoms with E-state index in [-0.39, 0.29) is 5.54 Å². The molecule has 3 heteroatoms. The number of nitrogens with one attached hydrogen (secondary N) is 1. The normalized spacial score (nSPS) is 12.0. The number of hydrogen-bond donors (Lipinski definition) is 1. The topological polar surface area (TPSA) is 29.9 Å². The molecule has 0 spiro atoms. The minimum absolute atomic E-state index is 0.241. The van der Waals surface area contributed by atoms with Crippen LogP contribution in [0, 0.1) is 0 Å². The van der Waals surface area contributed by atoms with Gasteiger partial charge in [0.15, 0.2) is 0 Å². The Labute approximate surface area is 86.5 Å². The first kappa shape index (κ1) is 11.2. The van der Waals surface area contributed by atoms with E-state index in [9.17, 15) is 0 Å². The number of nitrogens with zero attached hydrogens (tertiary/aromatic N) is 2. The minimum Gasteiger partial charge on any atom is -0.338 e. The van der Waals surface area contributed by atoms with Gasteiger partial charge >= 0.3 is 0 Å². The van der Waals surface area contributed by atoms with Crippen LogP contribution in [0.2, 0.25) is 0 Å². The molecule has 14 heavy (non-hydrogen) atoms. The highest BCUT2D eigenvalue weighted by Crippen LogP contribution is 2.06. The van der Waals surface area contributed by atoms with Gasteiger partial charge in [0.1, 0.15) is 5.82 Å². The molecule has 0 amide bonds. The molecule has 1 aromatic heterocycles. The van der Waals surface area contributed by atoms with Gasteiger partial charge in [-0.25, -0.2) is 4.98 Å². The number of imidazole rings is 1. The molecular formula is C11H21N3. The lowest BCUT2D eigenvalue weighted by Crippen LogP contribution is -2.39. The zero-order valence-electron chi connectivity index (χ0n) is 9.67. The molecule has 1 heterocycles. The van der Waals surface area contributed by atoms with Crippen LogP contribution in [-0.4, -0.2) is 21.6 Å². The third-order valence-electron chi connectivity index (χ3n) is 2.76. The van der Waals surface area contributed by atoms with E-state index in [4.69, 9.17) is 0 Å². The van der Waals surface area contributed by atoms with Crippen LogP contribution >= 0.6 is 0 Å². The van der Waals surface area contributed by atoms with Crippen molar-refractivity contribution >= 4 is 0 Å². The molecule has 0 atom stereocenters. The van der Waals surface area contributed by atoms with Gasteiger partial charge in [0.2, 0.25) is 0 Å². The Morgan fingerprint density at radius 3 is 2.71 bits per heavy atom. The maximum absolute atomic E-state index is 4.28. The van der Waals surface area contributed by atoms with E-state index < -0.39 is 0 Å². The first-order valence-corrected chi connectivity index (χ1v) is 5.26. The zero-order valence-corrected chi connectivity index (χ0v) is 9.67. The van der Waals surface area contributed by atoms with Gasteiger partial charge in [-0.05, 0) is 20.3 Å². The Balaban J connectivity index is 2.32. The van der Waals surface area contributed by atoms with Gasteiger partial charge in [-0.2, -0.15) is 0 Å². The fourth-order valence-electron chi connectivity index (χ4n) is 1.28. The van der Waals surface area contributed by atoms with Crippen molar-refractivity contribution in [3.05, 3.63) is 18.2 Å². The van der Waals surface area contributed by atoms with Crippen molar-refractivity contribution in [3.8, 4) is 0 Å². The van der Waals surface area contributed by atoms with Gasteiger partial charge in [0.05, 0.1) is 0 Å². The van der Waals surface area contributed by atoms with E-state index in [1.54, 1.807) is 0 Å². The summed E-state index contributed by atoms with van der Waals surface area (Å²) in [6.45, 7) is 7.65. The van der Waals surface area contributed by atoms with Crippen molar-refractivity contribution in [2.24, 2.45) is 7.05 Å². The Morgan fingerprint density at radius 2 is 2.21 bits per heavy atom. The lowest BCUT2D eigenvalue weighted by molar-refractivity contribution is 0.377. The van der Waals surface area contributed by atoms with Crippen molar-refractivity contribution in [2.45, 2.75) is 39.2 Å². The van der Waals surface area contributed by atoms with Crippen LogP contribution in [0.1, 0.15) is 33.0 Å². The van der Waals surface area contributed by atoms with Crippen LogP contribution in [0.15, 0.2) is 12.4 Å². The first-order chi connectivity index (χ1) is 6.55. The van der Waals surface area contributed by atoms with Crippen LogP contribution in [0.25, 0.3) is 0 Å². The predicted octanol–water partition coefficient (Wildman–Crippen LogP) is 1.74. The molecule has 0 aromatic carbocycles. The Kier molecular flexibility index (Phi) is 3.69. The van der Waals surface area contributed by atoms with Gasteiger partial charge in [-0.1, -0.05) is 6.92 Å². The second-order valence-electron chi connectivity index (χ2n) is 4.37. The average molecular weight is 195 g/mol. The molecule has 0 aliphatic carbocycles. The molecule has 0 unspecified atom stereocenters. The standard InChI is InChI=1S/C11H21N3/c1-5-11(2,3)13-7-6-10-12-8-9-14(10)4/h8-9,13H,5-7H2,1-4H3. The van der Waals surface area contributed by atoms with E-state index in [0.717, 1.165) is 25.2 Å². The van der Waals surface area contributed by atoms with Crippen LogP contribution in [0.4, 0.5) is 0 Å². The van der Waals surface area contributed by atoms with Crippen molar-refractivity contribution in [3.63, 3.8) is 0 Å². The summed E-state index contributed by atoms with van der Waals surface area (Å²) in [5.74, 6) is 1.14. The van der Waals surface area contributed by atoms with Crippen molar-refractivity contribution < 1.29 is 0 Å². The van der Waals surface area contributed by atoms with Crippen LogP contribution in [0.5, 0.6) is 0 Å². The molecule has 1 aromatic rings. The van der Waals surface area contributed by atoms with E-state index in [2.05, 4.69) is 35.6 Å². The SMILES string of the molecule is CCC(C)(C)NCCc1nccn1C. The molecule has 3 nitrogen and oxygen atoms in total. The van der Waals surface area contributed by atoms with E-state index in [1.807, 2.05) is 19.4 Å². The molecule has 80 valence electrons. The number of aryl methyl sites for hydroxylation is 1. The predicted molar refractivity (Wildman–Crippen MR) is 59.3 cm³/mol. The molecule has 1 rings (SSSR count). The van der Waals surface area contributed by atoms with Crippen molar-refractivity contribution in [1.29, 1.82) is 0 Å². The summed E-state index contributed by atoms with van der Waals surface area (Å²) >= 11 is 0. The Bertz CT molecular complexity index is 276. The van der Waals surface area contributed by atoms with Crippen LogP contribution < -0.4 is 5.32 Å². The molecule has 0 aliphatic rings. The van der Waals surface area contributed by atoms with Crippen LogP contribution in [-0.2, 0) is 13.5 Å². The van der Waals surface area contributed by atoms with E-state index in [0.29, 0.717) is 0 Å². The molecular weight excluding hydrogens is 174 g/mol. The first-order valence-electron chi connectivity index (χ1n) is 5.26. The highest BCUT2D eigenvalue weighted by Gasteiger charge is 2.13. The number of aromatic nitrogens is 2. The smallest absolute Gasteiger partial charge is 0.109 e. The number of hydrogen-bond acceptors (Lipinski definition) is 2. The Morgan fingerprint density at radius 1 is 1.50 bits per heavy atom. The van der Waals surface area contributed by atoms with Gasteiger partial charge in [-0.15, -0.1) is 0 Å². The third-order valence-corrected chi connectivity index (χ3v) is 2.76. The molecule has 0 saturated carbocycles. The quantitative estimate of drug-likeness (QED) is 0.775. The average Bonchev–Trinajstić information content (AvgIpc) is 2.52. The largest absolute Gasteiger partial charge is 0.338 e. The van der Waals surface area contributed by atoms with E-state index >= 15 is 0 Å². The third kappa shape index (κ3) is 3.14. The van der Waals surface area contributed by atoms with E-state index in [1.165, 1.54) is 0 Å². The molecule has 0 aliphatic heterocycles. The van der Waals surface area contributed by atoms with Gasteiger partial charge in [0.25, 0.3) is 0 Å². The Hall–Kier alpha value is -0.830. The molecule has 1 N–H and O–H groups in total. The van der Waals surface area contributed by atoms with Crippen molar-refractivity contribution in [1.82, 2.24) is 14.9 Å². The summed E-state index contributed by atoms with van der Waals surface area (Å²) < 4.78 is 2.07. The summed E-state index contributed by atoms with van der Waals surface area (Å²) in [5, 5.41) is 3.52. The maximum Gasteiger partial charge on any atom is 0.109 e. The minimum atomic E-state index is 0.241. The zero-order chi connectivity index (χ0) is 10.6. The second kappa shape index (κ2) is 4.60. The van der Waals surface area contributed by atoms with Crippen LogP contribution in [0.3, 0.4) is 0 Å². The summed E-state index contributed by atoms with van der Waals surface area (Å²) in [4.78, 5) is 4.28. The van der Waals surface area contributed by atoms with Gasteiger partial charge in [0, 0.05) is 37.9 Å². The summed E-state index contributed by atoms with van der Waals surface area (Å²) in [6, 6.07) is 0. The second-order valence-corrected chi connectivity index (χ2v) is 4.37. The summed E-state index contributed by atoms with van der Waals surface area (Å²) in [5.41, 5.74) is 0.241. The summed E-state index contributed by atoms with van der Waals surface area (Å²) in [6.07, 6.45) is 5.97. The van der Waals surface area contributed by atoms with Crippen molar-refractivity contribution in [2.75, 3.05) is 6.54 Å². The molecule has 0 bridgehead atoms. The molecule has 0 radical (unpaired) electrons. The highest BCUT2D eigenvalue weighted by atomic mass is 15.0. The van der Waals surface area contributed by atoms with Gasteiger partial charge < -0.3 is 9.88 Å². The van der Waals surface area contributed by atoms with Gasteiger partial charge in [-0.3, -0.25) is 0 Å². The lowest BCUT2D eigenvalue weighted by atomic mass is 10.0. The summed E-state index contributed by atoms with van der Waals surface area (Å²) in [7, 11) is 2.04.